The molecule has 0 saturated carbocycles. The maximum atomic E-state index is 14.6. The fourth-order valence-corrected chi connectivity index (χ4v) is 9.10. The van der Waals surface area contributed by atoms with Gasteiger partial charge >= 0.3 is 13.3 Å². The Morgan fingerprint density at radius 3 is 2.32 bits per heavy atom. The first kappa shape index (κ1) is 36.2. The molecule has 2 aliphatic heterocycles. The lowest BCUT2D eigenvalue weighted by atomic mass is 9.84. The summed E-state index contributed by atoms with van der Waals surface area (Å²) in [7, 11) is -5.78. The maximum absolute atomic E-state index is 14.6. The summed E-state index contributed by atoms with van der Waals surface area (Å²) in [5.74, 6) is -0.395. The molecule has 9 nitrogen and oxygen atoms in total. The van der Waals surface area contributed by atoms with Crippen LogP contribution in [-0.4, -0.2) is 68.2 Å². The molecule has 0 bridgehead atoms. The smallest absolute Gasteiger partial charge is 0.339 e. The van der Waals surface area contributed by atoms with Crippen LogP contribution in [0.25, 0.3) is 10.1 Å². The number of carbonyl (C=O) groups is 3. The number of carbonyl (C=O) groups excluding carboxylic acids is 3. The molecule has 3 heterocycles. The molecule has 3 N–H and O–H groups in total. The summed E-state index contributed by atoms with van der Waals surface area (Å²) in [4.78, 5) is 64.6. The number of fused-ring (bicyclic) bond motifs is 2. The number of hydrogen-bond donors (Lipinski definition) is 3. The third-order valence-electron chi connectivity index (χ3n) is 9.21. The average Bonchev–Trinajstić information content (AvgIpc) is 3.53. The molecule has 0 aliphatic carbocycles. The van der Waals surface area contributed by atoms with Gasteiger partial charge in [0.2, 0.25) is 11.8 Å². The molecular formula is C36H38F2N3O6PS2. The van der Waals surface area contributed by atoms with Crippen molar-refractivity contribution in [3.8, 4) is 0 Å². The van der Waals surface area contributed by atoms with Crippen molar-refractivity contribution in [3.63, 3.8) is 0 Å². The molecule has 2 aliphatic rings. The lowest BCUT2D eigenvalue weighted by Crippen LogP contribution is -2.61. The molecule has 3 atom stereocenters. The second-order valence-corrected chi connectivity index (χ2v) is 17.8. The van der Waals surface area contributed by atoms with Crippen molar-refractivity contribution < 1.29 is 37.5 Å². The molecule has 6 rings (SSSR count). The van der Waals surface area contributed by atoms with Crippen molar-refractivity contribution in [2.75, 3.05) is 18.8 Å². The second kappa shape index (κ2) is 13.8. The standard InChI is InChI=1S/C36H38F2N3O6PS2/c1-35(2,3)31(39-32(42)29-19-25-17-26(13-14-28(25)50-29)36(37,38)48(45,46)47)34(44)41-20-24-12-8-7-11-23(24)18-27(41)33(43)40-15-16-49-30(21-40)22-9-5-4-6-10-22/h4-14,17,19,27,30-31H,15-16,18,20-21H2,1-3H3,(H,39,42)(H2,45,46,47)/t27-,30?,31?/m0/s1. The number of halogens is 2. The molecule has 4 aromatic rings. The van der Waals surface area contributed by atoms with Crippen molar-refractivity contribution >= 4 is 58.5 Å². The molecule has 50 heavy (non-hydrogen) atoms. The molecule has 1 aromatic heterocycles. The largest absolute Gasteiger partial charge is 0.399 e. The fraction of sp³-hybridized carbons (Fsp3) is 0.361. The zero-order valence-electron chi connectivity index (χ0n) is 27.7. The van der Waals surface area contributed by atoms with Crippen LogP contribution in [0.4, 0.5) is 8.78 Å². The Labute approximate surface area is 297 Å². The van der Waals surface area contributed by atoms with Crippen molar-refractivity contribution in [1.82, 2.24) is 15.1 Å². The van der Waals surface area contributed by atoms with E-state index in [4.69, 9.17) is 0 Å². The maximum Gasteiger partial charge on any atom is 0.399 e. The lowest BCUT2D eigenvalue weighted by molar-refractivity contribution is -0.149. The molecule has 1 saturated heterocycles. The van der Waals surface area contributed by atoms with Crippen LogP contribution in [0.5, 0.6) is 0 Å². The first-order chi connectivity index (χ1) is 23.5. The first-order valence-corrected chi connectivity index (χ1v) is 19.6. The molecular weight excluding hydrogens is 704 g/mol. The van der Waals surface area contributed by atoms with Crippen LogP contribution in [0.2, 0.25) is 0 Å². The van der Waals surface area contributed by atoms with Crippen molar-refractivity contribution in [3.05, 3.63) is 106 Å². The second-order valence-electron chi connectivity index (χ2n) is 13.7. The summed E-state index contributed by atoms with van der Waals surface area (Å²) in [6.45, 7) is 6.72. The number of thioether (sulfide) groups is 1. The summed E-state index contributed by atoms with van der Waals surface area (Å²) >= 11 is 2.81. The summed E-state index contributed by atoms with van der Waals surface area (Å²) in [6.07, 6.45) is 0.336. The highest BCUT2D eigenvalue weighted by molar-refractivity contribution is 7.99. The topological polar surface area (TPSA) is 127 Å². The van der Waals surface area contributed by atoms with Crippen LogP contribution >= 0.6 is 30.7 Å². The van der Waals surface area contributed by atoms with Gasteiger partial charge in [-0.15, -0.1) is 11.3 Å². The SMILES string of the molecule is CC(C)(C)C(NC(=O)c1cc2cc(C(F)(F)P(=O)(O)O)ccc2s1)C(=O)N1Cc2ccccc2C[C@H]1C(=O)N1CCSC(c2ccccc2)C1. The first-order valence-electron chi connectivity index (χ1n) is 16.2. The van der Waals surface area contributed by atoms with E-state index in [0.717, 1.165) is 45.9 Å². The van der Waals surface area contributed by atoms with Crippen LogP contribution in [0, 0.1) is 5.41 Å². The van der Waals surface area contributed by atoms with Gasteiger partial charge in [-0.3, -0.25) is 18.9 Å². The van der Waals surface area contributed by atoms with Crippen molar-refractivity contribution in [2.45, 2.75) is 56.7 Å². The van der Waals surface area contributed by atoms with Gasteiger partial charge in [0.05, 0.1) is 4.88 Å². The number of benzene rings is 3. The molecule has 264 valence electrons. The molecule has 0 spiro atoms. The molecule has 1 fully saturated rings. The number of alkyl halides is 2. The monoisotopic (exact) mass is 741 g/mol. The van der Waals surface area contributed by atoms with E-state index in [2.05, 4.69) is 17.4 Å². The lowest BCUT2D eigenvalue weighted by Gasteiger charge is -2.43. The number of nitrogens with zero attached hydrogens (tertiary/aromatic N) is 2. The van der Waals surface area contributed by atoms with Crippen LogP contribution in [0.1, 0.15) is 57.9 Å². The number of amides is 3. The Kier molecular flexibility index (Phi) is 10.0. The van der Waals surface area contributed by atoms with Crippen LogP contribution in [-0.2, 0) is 32.8 Å². The third kappa shape index (κ3) is 7.25. The van der Waals surface area contributed by atoms with E-state index >= 15 is 0 Å². The predicted octanol–water partition coefficient (Wildman–Crippen LogP) is 6.54. The van der Waals surface area contributed by atoms with Gasteiger partial charge in [-0.2, -0.15) is 20.5 Å². The zero-order valence-corrected chi connectivity index (χ0v) is 30.2. The summed E-state index contributed by atoms with van der Waals surface area (Å²) < 4.78 is 40.7. The predicted molar refractivity (Wildman–Crippen MR) is 191 cm³/mol. The van der Waals surface area contributed by atoms with E-state index in [9.17, 15) is 37.5 Å². The summed E-state index contributed by atoms with van der Waals surface area (Å²) in [5, 5.41) is 3.18. The number of rotatable bonds is 7. The van der Waals surface area contributed by atoms with E-state index in [0.29, 0.717) is 24.2 Å². The Morgan fingerprint density at radius 1 is 0.960 bits per heavy atom. The Hall–Kier alpha value is -3.61. The Balaban J connectivity index is 1.27. The van der Waals surface area contributed by atoms with E-state index in [1.807, 2.05) is 68.1 Å². The van der Waals surface area contributed by atoms with E-state index < -0.39 is 48.1 Å². The highest BCUT2D eigenvalue weighted by atomic mass is 32.2. The van der Waals surface area contributed by atoms with Gasteiger partial charge in [0.1, 0.15) is 12.1 Å². The highest BCUT2D eigenvalue weighted by Crippen LogP contribution is 2.59. The van der Waals surface area contributed by atoms with Crippen molar-refractivity contribution in [1.29, 1.82) is 0 Å². The van der Waals surface area contributed by atoms with Gasteiger partial charge < -0.3 is 24.9 Å². The van der Waals surface area contributed by atoms with Crippen LogP contribution in [0.15, 0.2) is 78.9 Å². The highest BCUT2D eigenvalue weighted by Gasteiger charge is 2.50. The van der Waals surface area contributed by atoms with Gasteiger partial charge in [-0.05, 0) is 45.7 Å². The molecule has 0 radical (unpaired) electrons. The molecule has 14 heteroatoms. The number of nitrogens with one attached hydrogen (secondary N) is 1. The average molecular weight is 742 g/mol. The third-order valence-corrected chi connectivity index (χ3v) is 12.6. The van der Waals surface area contributed by atoms with Crippen LogP contribution in [0.3, 0.4) is 0 Å². The van der Waals surface area contributed by atoms with E-state index in [1.54, 1.807) is 16.7 Å². The van der Waals surface area contributed by atoms with Crippen molar-refractivity contribution in [2.24, 2.45) is 5.41 Å². The van der Waals surface area contributed by atoms with E-state index in [-0.39, 0.29) is 28.0 Å². The van der Waals surface area contributed by atoms with Gasteiger partial charge in [0.15, 0.2) is 0 Å². The molecule has 2 unspecified atom stereocenters. The Morgan fingerprint density at radius 2 is 1.64 bits per heavy atom. The number of thiophene rings is 1. The Bertz CT molecular complexity index is 1980. The minimum atomic E-state index is -5.78. The zero-order chi connectivity index (χ0) is 36.0. The molecule has 3 amide bonds. The quantitative estimate of drug-likeness (QED) is 0.184. The van der Waals surface area contributed by atoms with Crippen LogP contribution < -0.4 is 5.32 Å². The van der Waals surface area contributed by atoms with E-state index in [1.165, 1.54) is 12.1 Å². The number of hydrogen-bond acceptors (Lipinski definition) is 6. The summed E-state index contributed by atoms with van der Waals surface area (Å²) in [6, 6.07) is 20.5. The normalized spacial score (nSPS) is 19.2. The van der Waals surface area contributed by atoms with Gasteiger partial charge in [-0.25, -0.2) is 0 Å². The van der Waals surface area contributed by atoms with Gasteiger partial charge in [0.25, 0.3) is 5.91 Å². The fourth-order valence-electron chi connectivity index (χ4n) is 6.43. The summed E-state index contributed by atoms with van der Waals surface area (Å²) in [5.41, 5.74) is -2.99. The minimum absolute atomic E-state index is 0.107. The molecule has 3 aromatic carbocycles. The van der Waals surface area contributed by atoms with Gasteiger partial charge in [0, 0.05) is 47.3 Å². The van der Waals surface area contributed by atoms with Gasteiger partial charge in [-0.1, -0.05) is 81.4 Å². The minimum Gasteiger partial charge on any atom is -0.339 e.